The lowest BCUT2D eigenvalue weighted by Crippen LogP contribution is -2.22. The number of para-hydroxylation sites is 1. The number of benzene rings is 2. The molecule has 0 radical (unpaired) electrons. The van der Waals surface area contributed by atoms with E-state index in [9.17, 15) is 4.39 Å². The van der Waals surface area contributed by atoms with Crippen molar-refractivity contribution in [2.45, 2.75) is 6.54 Å². The highest BCUT2D eigenvalue weighted by Crippen LogP contribution is 2.18. The fraction of sp³-hybridized carbons (Fsp3) is 0.133. The van der Waals surface area contributed by atoms with Crippen molar-refractivity contribution in [3.05, 3.63) is 59.9 Å². The monoisotopic (exact) mass is 401 g/mol. The summed E-state index contributed by atoms with van der Waals surface area (Å²) in [7, 11) is 1.43. The van der Waals surface area contributed by atoms with Crippen molar-refractivity contribution in [1.82, 2.24) is 0 Å². The molecule has 0 fully saturated rings. The molecule has 2 aromatic carbocycles. The number of nitrogens with zero attached hydrogens (tertiary/aromatic N) is 1. The Labute approximate surface area is 140 Å². The van der Waals surface area contributed by atoms with Crippen molar-refractivity contribution in [2.75, 3.05) is 12.4 Å². The molecule has 0 aliphatic carbocycles. The molecule has 0 heterocycles. The maximum Gasteiger partial charge on any atom is 0.193 e. The first kappa shape index (κ1) is 17.2. The molecule has 3 N–H and O–H groups in total. The van der Waals surface area contributed by atoms with Gasteiger partial charge in [0, 0.05) is 5.69 Å². The number of halogens is 2. The summed E-state index contributed by atoms with van der Waals surface area (Å²) in [5.74, 6) is 0.0929. The fourth-order valence-electron chi connectivity index (χ4n) is 1.69. The molecule has 0 spiro atoms. The fourth-order valence-corrected chi connectivity index (χ4v) is 1.69. The largest absolute Gasteiger partial charge is 0.494 e. The molecule has 0 atom stereocenters. The first-order chi connectivity index (χ1) is 9.69. The number of anilines is 1. The van der Waals surface area contributed by atoms with Gasteiger partial charge in [-0.2, -0.15) is 0 Å². The zero-order valence-corrected chi connectivity index (χ0v) is 13.9. The van der Waals surface area contributed by atoms with Crippen LogP contribution >= 0.6 is 24.0 Å². The number of rotatable bonds is 4. The minimum atomic E-state index is -0.408. The predicted molar refractivity (Wildman–Crippen MR) is 93.8 cm³/mol. The van der Waals surface area contributed by atoms with Crippen molar-refractivity contribution in [3.8, 4) is 5.75 Å². The molecule has 6 heteroatoms. The van der Waals surface area contributed by atoms with Gasteiger partial charge in [-0.1, -0.05) is 24.3 Å². The van der Waals surface area contributed by atoms with E-state index in [4.69, 9.17) is 10.5 Å². The smallest absolute Gasteiger partial charge is 0.193 e. The van der Waals surface area contributed by atoms with Crippen LogP contribution in [0.4, 0.5) is 10.1 Å². The third kappa shape index (κ3) is 5.22. The molecule has 0 saturated heterocycles. The standard InChI is InChI=1S/C15H16FN3O.HI/c1-20-14-8-7-11(9-13(14)16)10-18-15(17)19-12-5-3-2-4-6-12;/h2-9H,10H2,1H3,(H3,17,18,19);1H. The number of hydrogen-bond donors (Lipinski definition) is 2. The third-order valence-corrected chi connectivity index (χ3v) is 2.69. The van der Waals surface area contributed by atoms with Crippen molar-refractivity contribution in [3.63, 3.8) is 0 Å². The molecule has 4 nitrogen and oxygen atoms in total. The van der Waals surface area contributed by atoms with Gasteiger partial charge in [0.05, 0.1) is 13.7 Å². The van der Waals surface area contributed by atoms with Crippen molar-refractivity contribution in [1.29, 1.82) is 0 Å². The maximum absolute atomic E-state index is 13.5. The Morgan fingerprint density at radius 1 is 1.24 bits per heavy atom. The van der Waals surface area contributed by atoms with Crippen LogP contribution in [0.25, 0.3) is 0 Å². The quantitative estimate of drug-likeness (QED) is 0.469. The molecule has 21 heavy (non-hydrogen) atoms. The second-order valence-corrected chi connectivity index (χ2v) is 4.16. The Morgan fingerprint density at radius 2 is 1.95 bits per heavy atom. The van der Waals surface area contributed by atoms with Gasteiger partial charge in [0.1, 0.15) is 0 Å². The zero-order chi connectivity index (χ0) is 14.4. The molecular formula is C15H17FIN3O. The van der Waals surface area contributed by atoms with Crippen LogP contribution in [0.5, 0.6) is 5.75 Å². The number of guanidine groups is 1. The van der Waals surface area contributed by atoms with Gasteiger partial charge in [-0.3, -0.25) is 0 Å². The summed E-state index contributed by atoms with van der Waals surface area (Å²) >= 11 is 0. The molecule has 2 rings (SSSR count). The second-order valence-electron chi connectivity index (χ2n) is 4.16. The average molecular weight is 401 g/mol. The van der Waals surface area contributed by atoms with E-state index in [1.165, 1.54) is 13.2 Å². The molecule has 0 unspecified atom stereocenters. The van der Waals surface area contributed by atoms with Gasteiger partial charge >= 0.3 is 0 Å². The molecule has 2 aromatic rings. The van der Waals surface area contributed by atoms with Crippen LogP contribution in [0.3, 0.4) is 0 Å². The van der Waals surface area contributed by atoms with Gasteiger partial charge < -0.3 is 15.8 Å². The van der Waals surface area contributed by atoms with Crippen LogP contribution in [0.1, 0.15) is 5.56 Å². The summed E-state index contributed by atoms with van der Waals surface area (Å²) < 4.78 is 18.4. The van der Waals surface area contributed by atoms with Crippen LogP contribution in [-0.2, 0) is 6.54 Å². The first-order valence-electron chi connectivity index (χ1n) is 6.13. The maximum atomic E-state index is 13.5. The van der Waals surface area contributed by atoms with Gasteiger partial charge in [-0.15, -0.1) is 24.0 Å². The molecular weight excluding hydrogens is 384 g/mol. The lowest BCUT2D eigenvalue weighted by molar-refractivity contribution is 0.386. The van der Waals surface area contributed by atoms with Gasteiger partial charge in [-0.05, 0) is 29.8 Å². The van der Waals surface area contributed by atoms with E-state index in [0.717, 1.165) is 11.3 Å². The number of hydrogen-bond acceptors (Lipinski definition) is 2. The van der Waals surface area contributed by atoms with Gasteiger partial charge in [-0.25, -0.2) is 9.38 Å². The average Bonchev–Trinajstić information content (AvgIpc) is 2.46. The van der Waals surface area contributed by atoms with Gasteiger partial charge in [0.2, 0.25) is 0 Å². The molecule has 0 aliphatic rings. The molecule has 112 valence electrons. The Balaban J connectivity index is 0.00000220. The highest BCUT2D eigenvalue weighted by Gasteiger charge is 2.03. The number of aliphatic imine (C=N–C) groups is 1. The van der Waals surface area contributed by atoms with E-state index >= 15 is 0 Å². The van der Waals surface area contributed by atoms with Crippen LogP contribution in [0.15, 0.2) is 53.5 Å². The molecule has 0 amide bonds. The summed E-state index contributed by atoms with van der Waals surface area (Å²) in [6, 6.07) is 14.2. The number of ether oxygens (including phenoxy) is 1. The molecule has 0 aliphatic heterocycles. The van der Waals surface area contributed by atoms with Crippen LogP contribution in [0.2, 0.25) is 0 Å². The second kappa shape index (κ2) is 8.46. The Bertz CT molecular complexity index is 605. The van der Waals surface area contributed by atoms with E-state index in [2.05, 4.69) is 10.3 Å². The van der Waals surface area contributed by atoms with E-state index < -0.39 is 5.82 Å². The summed E-state index contributed by atoms with van der Waals surface area (Å²) in [5.41, 5.74) is 7.35. The predicted octanol–water partition coefficient (Wildman–Crippen LogP) is 3.38. The van der Waals surface area contributed by atoms with Crippen molar-refractivity contribution in [2.24, 2.45) is 10.7 Å². The third-order valence-electron chi connectivity index (χ3n) is 2.69. The molecule has 0 aromatic heterocycles. The number of nitrogens with one attached hydrogen (secondary N) is 1. The highest BCUT2D eigenvalue weighted by atomic mass is 127. The lowest BCUT2D eigenvalue weighted by atomic mass is 10.2. The lowest BCUT2D eigenvalue weighted by Gasteiger charge is -2.06. The van der Waals surface area contributed by atoms with E-state index in [1.54, 1.807) is 12.1 Å². The summed E-state index contributed by atoms with van der Waals surface area (Å²) in [6.45, 7) is 0.298. The van der Waals surface area contributed by atoms with Crippen molar-refractivity contribution < 1.29 is 9.13 Å². The van der Waals surface area contributed by atoms with Crippen molar-refractivity contribution >= 4 is 35.6 Å². The number of nitrogens with two attached hydrogens (primary N) is 1. The summed E-state index contributed by atoms with van der Waals surface area (Å²) in [6.07, 6.45) is 0. The van der Waals surface area contributed by atoms with Crippen LogP contribution < -0.4 is 15.8 Å². The normalized spacial score (nSPS) is 10.7. The van der Waals surface area contributed by atoms with Gasteiger partial charge in [0.25, 0.3) is 0 Å². The molecule has 0 saturated carbocycles. The van der Waals surface area contributed by atoms with E-state index in [-0.39, 0.29) is 35.7 Å². The highest BCUT2D eigenvalue weighted by molar-refractivity contribution is 14.0. The Morgan fingerprint density at radius 3 is 2.57 bits per heavy atom. The van der Waals surface area contributed by atoms with Crippen LogP contribution in [0, 0.1) is 5.82 Å². The van der Waals surface area contributed by atoms with E-state index in [1.807, 2.05) is 30.3 Å². The first-order valence-corrected chi connectivity index (χ1v) is 6.13. The Hall–Kier alpha value is -1.83. The minimum absolute atomic E-state index is 0. The molecule has 0 bridgehead atoms. The minimum Gasteiger partial charge on any atom is -0.494 e. The summed E-state index contributed by atoms with van der Waals surface area (Å²) in [5, 5.41) is 2.96. The van der Waals surface area contributed by atoms with Crippen LogP contribution in [-0.4, -0.2) is 13.1 Å². The van der Waals surface area contributed by atoms with E-state index in [0.29, 0.717) is 6.54 Å². The SMILES string of the molecule is COc1ccc(CN=C(N)Nc2ccccc2)cc1F.I. The summed E-state index contributed by atoms with van der Waals surface area (Å²) in [4.78, 5) is 4.16. The zero-order valence-electron chi connectivity index (χ0n) is 11.5. The van der Waals surface area contributed by atoms with Gasteiger partial charge in [0.15, 0.2) is 17.5 Å². The number of methoxy groups -OCH3 is 1. The Kier molecular flexibility index (Phi) is 6.93. The topological polar surface area (TPSA) is 59.6 Å².